The zero-order valence-electron chi connectivity index (χ0n) is 16.2. The summed E-state index contributed by atoms with van der Waals surface area (Å²) in [5.41, 5.74) is 2.18. The largest absolute Gasteiger partial charge is 0.344 e. The van der Waals surface area contributed by atoms with Crippen LogP contribution in [0.5, 0.6) is 0 Å². The summed E-state index contributed by atoms with van der Waals surface area (Å²) in [6.07, 6.45) is 5.16. The molecule has 1 aliphatic carbocycles. The van der Waals surface area contributed by atoms with Crippen LogP contribution in [0.15, 0.2) is 41.5 Å². The van der Waals surface area contributed by atoms with E-state index in [0.29, 0.717) is 34.4 Å². The minimum atomic E-state index is -0.984. The number of fused-ring (bicyclic) bond motifs is 1. The lowest BCUT2D eigenvalue weighted by atomic mass is 10.1. The van der Waals surface area contributed by atoms with Crippen LogP contribution < -0.4 is 5.56 Å². The quantitative estimate of drug-likeness (QED) is 0.582. The molecule has 5 nitrogen and oxygen atoms in total. The standard InChI is InChI=1S/C22H20Cl2FN3O2/c23-17-4-1-13(9-18(17)24)16-11-28(15-2-3-15)19-6-8-27(22(30)21(16)19)12-20(29)26-7-5-14(25)10-26/h1,4,6,8-9,11,14-15H,2-3,5,7,10,12H2. The van der Waals surface area contributed by atoms with E-state index in [2.05, 4.69) is 4.57 Å². The number of hydrogen-bond acceptors (Lipinski definition) is 2. The molecule has 1 aromatic carbocycles. The van der Waals surface area contributed by atoms with Gasteiger partial charge in [0.25, 0.3) is 5.56 Å². The first-order chi connectivity index (χ1) is 14.4. The second-order valence-corrected chi connectivity index (χ2v) is 8.86. The third-order valence-corrected chi connectivity index (χ3v) is 6.66. The second kappa shape index (κ2) is 7.43. The number of nitrogens with zero attached hydrogens (tertiary/aromatic N) is 3. The van der Waals surface area contributed by atoms with Gasteiger partial charge in [-0.15, -0.1) is 0 Å². The Morgan fingerprint density at radius 1 is 1.13 bits per heavy atom. The zero-order valence-corrected chi connectivity index (χ0v) is 17.7. The Labute approximate surface area is 182 Å². The maximum Gasteiger partial charge on any atom is 0.261 e. The molecule has 1 aliphatic heterocycles. The second-order valence-electron chi connectivity index (χ2n) is 8.04. The van der Waals surface area contributed by atoms with Gasteiger partial charge in [-0.05, 0) is 43.0 Å². The van der Waals surface area contributed by atoms with Crippen molar-refractivity contribution in [2.75, 3.05) is 13.1 Å². The summed E-state index contributed by atoms with van der Waals surface area (Å²) in [5, 5.41) is 1.43. The maximum absolute atomic E-state index is 13.5. The van der Waals surface area contributed by atoms with Crippen LogP contribution >= 0.6 is 23.2 Å². The summed E-state index contributed by atoms with van der Waals surface area (Å²) >= 11 is 12.3. The van der Waals surface area contributed by atoms with Crippen molar-refractivity contribution in [3.63, 3.8) is 0 Å². The average Bonchev–Trinajstić information content (AvgIpc) is 3.35. The van der Waals surface area contributed by atoms with Gasteiger partial charge in [0.2, 0.25) is 5.91 Å². The van der Waals surface area contributed by atoms with Crippen LogP contribution in [0.1, 0.15) is 25.3 Å². The normalized spacial score (nSPS) is 19.0. The first-order valence-corrected chi connectivity index (χ1v) is 10.8. The molecule has 0 spiro atoms. The van der Waals surface area contributed by atoms with E-state index in [1.165, 1.54) is 9.47 Å². The number of carbonyl (C=O) groups excluding carboxylic acids is 1. The lowest BCUT2D eigenvalue weighted by Gasteiger charge is -2.16. The number of benzene rings is 1. The first-order valence-electron chi connectivity index (χ1n) is 10.0. The number of hydrogen-bond donors (Lipinski definition) is 0. The van der Waals surface area contributed by atoms with Crippen molar-refractivity contribution in [3.05, 3.63) is 57.1 Å². The molecule has 2 fully saturated rings. The lowest BCUT2D eigenvalue weighted by molar-refractivity contribution is -0.131. The van der Waals surface area contributed by atoms with Crippen molar-refractivity contribution >= 4 is 40.0 Å². The van der Waals surface area contributed by atoms with Gasteiger partial charge in [0, 0.05) is 30.5 Å². The summed E-state index contributed by atoms with van der Waals surface area (Å²) in [7, 11) is 0. The minimum Gasteiger partial charge on any atom is -0.344 e. The molecule has 1 amide bonds. The molecule has 1 unspecified atom stereocenters. The third kappa shape index (κ3) is 3.42. The van der Waals surface area contributed by atoms with E-state index >= 15 is 0 Å². The molecule has 156 valence electrons. The molecule has 5 rings (SSSR count). The van der Waals surface area contributed by atoms with Crippen molar-refractivity contribution in [2.24, 2.45) is 0 Å². The number of aromatic nitrogens is 2. The summed E-state index contributed by atoms with van der Waals surface area (Å²) in [6.45, 7) is 0.392. The molecule has 1 saturated heterocycles. The summed E-state index contributed by atoms with van der Waals surface area (Å²) in [6, 6.07) is 7.57. The van der Waals surface area contributed by atoms with Crippen molar-refractivity contribution in [1.82, 2.24) is 14.0 Å². The van der Waals surface area contributed by atoms with Gasteiger partial charge in [0.1, 0.15) is 12.7 Å². The minimum absolute atomic E-state index is 0.0996. The van der Waals surface area contributed by atoms with Crippen molar-refractivity contribution in [2.45, 2.75) is 38.0 Å². The highest BCUT2D eigenvalue weighted by Gasteiger charge is 2.29. The Balaban J connectivity index is 1.60. The van der Waals surface area contributed by atoms with E-state index in [-0.39, 0.29) is 24.6 Å². The van der Waals surface area contributed by atoms with Crippen molar-refractivity contribution < 1.29 is 9.18 Å². The Kier molecular flexibility index (Phi) is 4.86. The fraction of sp³-hybridized carbons (Fsp3) is 0.364. The number of likely N-dealkylation sites (tertiary alicyclic amines) is 1. The molecule has 2 aliphatic rings. The van der Waals surface area contributed by atoms with Gasteiger partial charge in [0.15, 0.2) is 0 Å². The van der Waals surface area contributed by atoms with E-state index in [1.54, 1.807) is 18.3 Å². The molecule has 3 heterocycles. The highest BCUT2D eigenvalue weighted by Crippen LogP contribution is 2.41. The van der Waals surface area contributed by atoms with Crippen LogP contribution in [-0.2, 0) is 11.3 Å². The highest BCUT2D eigenvalue weighted by molar-refractivity contribution is 6.42. The van der Waals surface area contributed by atoms with Crippen LogP contribution in [-0.4, -0.2) is 39.2 Å². The lowest BCUT2D eigenvalue weighted by Crippen LogP contribution is -2.35. The number of alkyl halides is 1. The molecular formula is C22H20Cl2FN3O2. The number of carbonyl (C=O) groups is 1. The van der Waals surface area contributed by atoms with Crippen LogP contribution in [0.4, 0.5) is 4.39 Å². The predicted molar refractivity (Wildman–Crippen MR) is 116 cm³/mol. The summed E-state index contributed by atoms with van der Waals surface area (Å²) in [4.78, 5) is 27.4. The molecular weight excluding hydrogens is 428 g/mol. The van der Waals surface area contributed by atoms with Crippen LogP contribution in [0.3, 0.4) is 0 Å². The third-order valence-electron chi connectivity index (χ3n) is 5.92. The van der Waals surface area contributed by atoms with Gasteiger partial charge in [0.05, 0.1) is 27.5 Å². The van der Waals surface area contributed by atoms with Gasteiger partial charge in [-0.2, -0.15) is 0 Å². The molecule has 0 radical (unpaired) electrons. The summed E-state index contributed by atoms with van der Waals surface area (Å²) in [5.74, 6) is -0.241. The SMILES string of the molecule is O=C(Cn1ccc2c(c(-c3ccc(Cl)c(Cl)c3)cn2C2CC2)c1=O)N1CCC(F)C1. The van der Waals surface area contributed by atoms with Crippen LogP contribution in [0.2, 0.25) is 10.0 Å². The molecule has 1 saturated carbocycles. The average molecular weight is 448 g/mol. The smallest absolute Gasteiger partial charge is 0.261 e. The van der Waals surface area contributed by atoms with Crippen molar-refractivity contribution in [1.29, 1.82) is 0 Å². The summed E-state index contributed by atoms with van der Waals surface area (Å²) < 4.78 is 17.0. The van der Waals surface area contributed by atoms with E-state index < -0.39 is 6.17 Å². The van der Waals surface area contributed by atoms with Gasteiger partial charge in [-0.3, -0.25) is 9.59 Å². The topological polar surface area (TPSA) is 47.2 Å². The van der Waals surface area contributed by atoms with Crippen LogP contribution in [0, 0.1) is 0 Å². The molecule has 1 atom stereocenters. The molecule has 3 aromatic rings. The van der Waals surface area contributed by atoms with Crippen LogP contribution in [0.25, 0.3) is 22.0 Å². The molecule has 0 N–H and O–H groups in total. The monoisotopic (exact) mass is 447 g/mol. The number of halogens is 3. The Bertz CT molecular complexity index is 1220. The van der Waals surface area contributed by atoms with E-state index in [1.807, 2.05) is 18.3 Å². The molecule has 8 heteroatoms. The maximum atomic E-state index is 13.5. The number of pyridine rings is 1. The Morgan fingerprint density at radius 2 is 1.93 bits per heavy atom. The van der Waals surface area contributed by atoms with E-state index in [9.17, 15) is 14.0 Å². The molecule has 0 bridgehead atoms. The van der Waals surface area contributed by atoms with Gasteiger partial charge in [-0.1, -0.05) is 29.3 Å². The van der Waals surface area contributed by atoms with Gasteiger partial charge >= 0.3 is 0 Å². The van der Waals surface area contributed by atoms with E-state index in [0.717, 1.165) is 29.5 Å². The first kappa shape index (κ1) is 19.6. The van der Waals surface area contributed by atoms with Gasteiger partial charge < -0.3 is 14.0 Å². The highest BCUT2D eigenvalue weighted by atomic mass is 35.5. The predicted octanol–water partition coefficient (Wildman–Crippen LogP) is 4.68. The fourth-order valence-electron chi connectivity index (χ4n) is 4.16. The number of rotatable bonds is 4. The molecule has 30 heavy (non-hydrogen) atoms. The van der Waals surface area contributed by atoms with Crippen molar-refractivity contribution in [3.8, 4) is 11.1 Å². The Hall–Kier alpha value is -2.31. The fourth-order valence-corrected chi connectivity index (χ4v) is 4.46. The zero-order chi connectivity index (χ0) is 21.0. The Morgan fingerprint density at radius 3 is 2.60 bits per heavy atom. The number of amides is 1. The van der Waals surface area contributed by atoms with E-state index in [4.69, 9.17) is 23.2 Å². The molecule has 2 aromatic heterocycles. The van der Waals surface area contributed by atoms with Gasteiger partial charge in [-0.25, -0.2) is 4.39 Å².